The summed E-state index contributed by atoms with van der Waals surface area (Å²) in [4.78, 5) is 30.4. The van der Waals surface area contributed by atoms with Crippen LogP contribution in [0.4, 0.5) is 0 Å². The maximum atomic E-state index is 13.2. The van der Waals surface area contributed by atoms with E-state index in [9.17, 15) is 18.0 Å². The van der Waals surface area contributed by atoms with Gasteiger partial charge in [-0.2, -0.15) is 0 Å². The summed E-state index contributed by atoms with van der Waals surface area (Å²) in [6.45, 7) is 0.233. The number of amides is 2. The highest BCUT2D eigenvalue weighted by atomic mass is 32.2. The SMILES string of the molecule is CN(C)C(=O)c1ccccc1S(=O)(=O)c1ccc(CNC(=O)c2ccc3nccn3c2)cc1. The van der Waals surface area contributed by atoms with E-state index in [1.165, 1.54) is 29.2 Å². The molecule has 9 heteroatoms. The monoisotopic (exact) mass is 462 g/mol. The van der Waals surface area contributed by atoms with Gasteiger partial charge in [0.15, 0.2) is 0 Å². The van der Waals surface area contributed by atoms with Crippen LogP contribution >= 0.6 is 0 Å². The molecule has 8 nitrogen and oxygen atoms in total. The number of imidazole rings is 1. The van der Waals surface area contributed by atoms with E-state index in [4.69, 9.17) is 0 Å². The first kappa shape index (κ1) is 22.2. The Morgan fingerprint density at radius 2 is 1.73 bits per heavy atom. The summed E-state index contributed by atoms with van der Waals surface area (Å²) in [6, 6.07) is 15.8. The predicted octanol–water partition coefficient (Wildman–Crippen LogP) is 2.80. The number of hydrogen-bond acceptors (Lipinski definition) is 5. The number of fused-ring (bicyclic) bond motifs is 1. The van der Waals surface area contributed by atoms with Crippen molar-refractivity contribution in [1.29, 1.82) is 0 Å². The molecule has 33 heavy (non-hydrogen) atoms. The second-order valence-corrected chi connectivity index (χ2v) is 9.55. The minimum atomic E-state index is -3.90. The number of sulfone groups is 1. The van der Waals surface area contributed by atoms with Crippen molar-refractivity contribution in [3.8, 4) is 0 Å². The van der Waals surface area contributed by atoms with Gasteiger partial charge in [-0.25, -0.2) is 13.4 Å². The smallest absolute Gasteiger partial charge is 0.254 e. The Morgan fingerprint density at radius 1 is 1.00 bits per heavy atom. The van der Waals surface area contributed by atoms with E-state index in [0.717, 1.165) is 11.2 Å². The van der Waals surface area contributed by atoms with Crippen molar-refractivity contribution >= 4 is 27.3 Å². The molecule has 2 heterocycles. The standard InChI is InChI=1S/C24H22N4O4S/c1-27(2)24(30)20-5-3-4-6-21(20)33(31,32)19-10-7-17(8-11-19)15-26-23(29)18-9-12-22-25-13-14-28(22)16-18/h3-14,16H,15H2,1-2H3,(H,26,29). The molecule has 1 N–H and O–H groups in total. The summed E-state index contributed by atoms with van der Waals surface area (Å²) in [5, 5.41) is 2.83. The van der Waals surface area contributed by atoms with E-state index in [0.29, 0.717) is 5.56 Å². The van der Waals surface area contributed by atoms with Crippen LogP contribution in [0.1, 0.15) is 26.3 Å². The molecule has 0 fully saturated rings. The minimum Gasteiger partial charge on any atom is -0.348 e. The number of pyridine rings is 1. The van der Waals surface area contributed by atoms with Gasteiger partial charge in [-0.3, -0.25) is 9.59 Å². The third-order valence-corrected chi connectivity index (χ3v) is 6.98. The minimum absolute atomic E-state index is 0.0420. The maximum Gasteiger partial charge on any atom is 0.254 e. The van der Waals surface area contributed by atoms with Crippen molar-refractivity contribution in [2.24, 2.45) is 0 Å². The fraction of sp³-hybridized carbons (Fsp3) is 0.125. The Kier molecular flexibility index (Phi) is 5.97. The highest BCUT2D eigenvalue weighted by molar-refractivity contribution is 7.91. The van der Waals surface area contributed by atoms with Gasteiger partial charge in [-0.1, -0.05) is 24.3 Å². The van der Waals surface area contributed by atoms with Crippen LogP contribution in [0.2, 0.25) is 0 Å². The molecule has 2 amide bonds. The van der Waals surface area contributed by atoms with E-state index in [-0.39, 0.29) is 33.7 Å². The summed E-state index contributed by atoms with van der Waals surface area (Å²) in [5.41, 5.74) is 2.09. The molecule has 0 aliphatic heterocycles. The van der Waals surface area contributed by atoms with Crippen LogP contribution in [-0.4, -0.2) is 48.6 Å². The largest absolute Gasteiger partial charge is 0.348 e. The van der Waals surface area contributed by atoms with Gasteiger partial charge in [-0.15, -0.1) is 0 Å². The Morgan fingerprint density at radius 3 is 2.45 bits per heavy atom. The number of nitrogens with one attached hydrogen (secondary N) is 1. The summed E-state index contributed by atoms with van der Waals surface area (Å²) >= 11 is 0. The molecule has 2 aromatic heterocycles. The Bertz CT molecular complexity index is 1440. The Balaban J connectivity index is 1.50. The molecule has 0 unspecified atom stereocenters. The third-order valence-electron chi connectivity index (χ3n) is 5.15. The lowest BCUT2D eigenvalue weighted by Gasteiger charge is -2.14. The zero-order valence-corrected chi connectivity index (χ0v) is 18.9. The molecule has 0 aliphatic carbocycles. The van der Waals surface area contributed by atoms with Gasteiger partial charge < -0.3 is 14.6 Å². The molecule has 0 aliphatic rings. The first-order chi connectivity index (χ1) is 15.8. The molecule has 2 aromatic carbocycles. The molecule has 0 saturated heterocycles. The normalized spacial score (nSPS) is 11.3. The average Bonchev–Trinajstić information content (AvgIpc) is 3.30. The van der Waals surface area contributed by atoms with Crippen molar-refractivity contribution < 1.29 is 18.0 Å². The van der Waals surface area contributed by atoms with Crippen molar-refractivity contribution in [2.75, 3.05) is 14.1 Å². The van der Waals surface area contributed by atoms with Crippen molar-refractivity contribution in [1.82, 2.24) is 19.6 Å². The molecular weight excluding hydrogens is 440 g/mol. The fourth-order valence-corrected chi connectivity index (χ4v) is 4.82. The molecule has 4 aromatic rings. The molecule has 0 saturated carbocycles. The first-order valence-corrected chi connectivity index (χ1v) is 11.6. The van der Waals surface area contributed by atoms with Gasteiger partial charge in [0.2, 0.25) is 9.84 Å². The lowest BCUT2D eigenvalue weighted by Crippen LogP contribution is -2.24. The molecule has 0 spiro atoms. The topological polar surface area (TPSA) is 101 Å². The summed E-state index contributed by atoms with van der Waals surface area (Å²) in [6.07, 6.45) is 5.11. The predicted molar refractivity (Wildman–Crippen MR) is 123 cm³/mol. The number of carbonyl (C=O) groups is 2. The van der Waals surface area contributed by atoms with E-state index >= 15 is 0 Å². The maximum absolute atomic E-state index is 13.2. The molecule has 0 bridgehead atoms. The molecular formula is C24H22N4O4S. The molecule has 168 valence electrons. The Hall–Kier alpha value is -3.98. The van der Waals surface area contributed by atoms with Crippen LogP contribution in [-0.2, 0) is 16.4 Å². The van der Waals surface area contributed by atoms with Crippen molar-refractivity contribution in [2.45, 2.75) is 16.3 Å². The van der Waals surface area contributed by atoms with Gasteiger partial charge in [0, 0.05) is 39.2 Å². The van der Waals surface area contributed by atoms with Crippen LogP contribution < -0.4 is 5.32 Å². The summed E-state index contributed by atoms with van der Waals surface area (Å²) < 4.78 is 28.1. The van der Waals surface area contributed by atoms with Crippen LogP contribution in [0.5, 0.6) is 0 Å². The molecule has 4 rings (SSSR count). The van der Waals surface area contributed by atoms with E-state index < -0.39 is 9.84 Å². The zero-order chi connectivity index (χ0) is 23.6. The number of nitrogens with zero attached hydrogens (tertiary/aromatic N) is 3. The molecule has 0 atom stereocenters. The number of carbonyl (C=O) groups excluding carboxylic acids is 2. The second-order valence-electron chi connectivity index (χ2n) is 7.64. The van der Waals surface area contributed by atoms with Crippen molar-refractivity contribution in [3.63, 3.8) is 0 Å². The summed E-state index contributed by atoms with van der Waals surface area (Å²) in [5.74, 6) is -0.638. The lowest BCUT2D eigenvalue weighted by molar-refractivity contribution is 0.0823. The van der Waals surface area contributed by atoms with Gasteiger partial charge in [0.25, 0.3) is 11.8 Å². The van der Waals surface area contributed by atoms with E-state index in [1.54, 1.807) is 73.5 Å². The van der Waals surface area contributed by atoms with E-state index in [2.05, 4.69) is 10.3 Å². The average molecular weight is 463 g/mol. The highest BCUT2D eigenvalue weighted by Gasteiger charge is 2.25. The van der Waals surface area contributed by atoms with Gasteiger partial charge in [-0.05, 0) is 42.0 Å². The number of rotatable bonds is 6. The number of benzene rings is 2. The van der Waals surface area contributed by atoms with Crippen LogP contribution in [0.3, 0.4) is 0 Å². The first-order valence-electron chi connectivity index (χ1n) is 10.1. The lowest BCUT2D eigenvalue weighted by atomic mass is 10.2. The third kappa shape index (κ3) is 4.49. The van der Waals surface area contributed by atoms with Crippen LogP contribution in [0.25, 0.3) is 5.65 Å². The van der Waals surface area contributed by atoms with Gasteiger partial charge >= 0.3 is 0 Å². The van der Waals surface area contributed by atoms with Gasteiger partial charge in [0.05, 0.1) is 20.9 Å². The fourth-order valence-electron chi connectivity index (χ4n) is 3.37. The Labute approximate surface area is 191 Å². The summed E-state index contributed by atoms with van der Waals surface area (Å²) in [7, 11) is -0.754. The van der Waals surface area contributed by atoms with Crippen LogP contribution in [0.15, 0.2) is 89.0 Å². The quantitative estimate of drug-likeness (QED) is 0.475. The highest BCUT2D eigenvalue weighted by Crippen LogP contribution is 2.25. The molecule has 0 radical (unpaired) electrons. The van der Waals surface area contributed by atoms with Gasteiger partial charge in [0.1, 0.15) is 5.65 Å². The zero-order valence-electron chi connectivity index (χ0n) is 18.1. The van der Waals surface area contributed by atoms with E-state index in [1.807, 2.05) is 0 Å². The number of hydrogen-bond donors (Lipinski definition) is 1. The second kappa shape index (κ2) is 8.87. The van der Waals surface area contributed by atoms with Crippen LogP contribution in [0, 0.1) is 0 Å². The van der Waals surface area contributed by atoms with Crippen molar-refractivity contribution in [3.05, 3.63) is 95.9 Å². The number of aromatic nitrogens is 2.